The van der Waals surface area contributed by atoms with E-state index in [2.05, 4.69) is 17.2 Å². The first-order valence-corrected chi connectivity index (χ1v) is 9.77. The lowest BCUT2D eigenvalue weighted by Crippen LogP contribution is -2.43. The lowest BCUT2D eigenvalue weighted by molar-refractivity contribution is -0.149. The van der Waals surface area contributed by atoms with Crippen LogP contribution in [0.5, 0.6) is 0 Å². The van der Waals surface area contributed by atoms with Gasteiger partial charge in [0, 0.05) is 12.7 Å². The van der Waals surface area contributed by atoms with Crippen molar-refractivity contribution in [2.45, 2.75) is 57.4 Å². The van der Waals surface area contributed by atoms with Crippen LogP contribution < -0.4 is 16.4 Å². The Morgan fingerprint density at radius 2 is 2.07 bits per heavy atom. The number of amides is 3. The van der Waals surface area contributed by atoms with E-state index in [1.807, 2.05) is 5.32 Å². The number of nitrogens with zero attached hydrogens (tertiary/aromatic N) is 2. The summed E-state index contributed by atoms with van der Waals surface area (Å²) >= 11 is 0. The van der Waals surface area contributed by atoms with E-state index >= 15 is 0 Å². The standard InChI is InChI=1S/C19H26F3N5O2/c1-11-2-4-13(5-3-11)16(23)17(28)26-15-8-12(6-7-24-15)9-27-10-14(19(20,21)22)25-18(27)29/h6-8,11,13-14,16H,2-5,9-10,23H2,1H3,(H,25,29)(H,24,26,28)/t11?,13?,14-,16-/m0/s1. The number of anilines is 1. The summed E-state index contributed by atoms with van der Waals surface area (Å²) in [5.41, 5.74) is 6.69. The highest BCUT2D eigenvalue weighted by atomic mass is 19.4. The van der Waals surface area contributed by atoms with Gasteiger partial charge in [-0.1, -0.05) is 19.8 Å². The SMILES string of the molecule is CC1CCC([C@H](N)C(=O)Nc2cc(CN3C[C@@H](C(F)(F)F)NC3=O)ccn2)CC1. The molecule has 1 aliphatic heterocycles. The van der Waals surface area contributed by atoms with Gasteiger partial charge in [0.25, 0.3) is 0 Å². The van der Waals surface area contributed by atoms with Gasteiger partial charge in [0.15, 0.2) is 0 Å². The summed E-state index contributed by atoms with van der Waals surface area (Å²) in [7, 11) is 0. The van der Waals surface area contributed by atoms with Crippen LogP contribution in [0, 0.1) is 11.8 Å². The van der Waals surface area contributed by atoms with Crippen molar-refractivity contribution in [2.75, 3.05) is 11.9 Å². The van der Waals surface area contributed by atoms with Gasteiger partial charge in [-0.2, -0.15) is 13.2 Å². The van der Waals surface area contributed by atoms with Crippen molar-refractivity contribution in [3.05, 3.63) is 23.9 Å². The highest BCUT2D eigenvalue weighted by Gasteiger charge is 2.46. The molecule has 1 saturated heterocycles. The smallest absolute Gasteiger partial charge is 0.324 e. The van der Waals surface area contributed by atoms with E-state index < -0.39 is 30.8 Å². The Labute approximate surface area is 167 Å². The van der Waals surface area contributed by atoms with Gasteiger partial charge in [0.2, 0.25) is 5.91 Å². The van der Waals surface area contributed by atoms with E-state index in [1.165, 1.54) is 6.20 Å². The van der Waals surface area contributed by atoms with Crippen LogP contribution in [0.15, 0.2) is 18.3 Å². The van der Waals surface area contributed by atoms with Crippen LogP contribution in [0.25, 0.3) is 0 Å². The molecule has 0 bridgehead atoms. The summed E-state index contributed by atoms with van der Waals surface area (Å²) < 4.78 is 38.4. The van der Waals surface area contributed by atoms with Crippen LogP contribution in [0.2, 0.25) is 0 Å². The summed E-state index contributed by atoms with van der Waals surface area (Å²) in [4.78, 5) is 29.4. The Kier molecular flexibility index (Phi) is 6.30. The zero-order valence-corrected chi connectivity index (χ0v) is 16.2. The number of hydrogen-bond acceptors (Lipinski definition) is 4. The second-order valence-electron chi connectivity index (χ2n) is 8.01. The first kappa shape index (κ1) is 21.4. The largest absolute Gasteiger partial charge is 0.410 e. The third-order valence-corrected chi connectivity index (χ3v) is 5.70. The van der Waals surface area contributed by atoms with Crippen LogP contribution >= 0.6 is 0 Å². The molecule has 10 heteroatoms. The van der Waals surface area contributed by atoms with Gasteiger partial charge >= 0.3 is 12.2 Å². The summed E-state index contributed by atoms with van der Waals surface area (Å²) in [6.45, 7) is 1.71. The van der Waals surface area contributed by atoms with E-state index in [1.54, 1.807) is 12.1 Å². The normalized spacial score (nSPS) is 26.2. The third kappa shape index (κ3) is 5.37. The quantitative estimate of drug-likeness (QED) is 0.691. The molecule has 1 aromatic heterocycles. The minimum absolute atomic E-state index is 0.0175. The number of alkyl halides is 3. The van der Waals surface area contributed by atoms with Crippen LogP contribution in [-0.2, 0) is 11.3 Å². The minimum Gasteiger partial charge on any atom is -0.324 e. The fraction of sp³-hybridized carbons (Fsp3) is 0.632. The van der Waals surface area contributed by atoms with Crippen molar-refractivity contribution in [3.8, 4) is 0 Å². The number of pyridine rings is 1. The third-order valence-electron chi connectivity index (χ3n) is 5.70. The van der Waals surface area contributed by atoms with Crippen LogP contribution in [-0.4, -0.2) is 46.6 Å². The molecule has 1 aromatic rings. The molecule has 3 rings (SSSR count). The number of nitrogens with one attached hydrogen (secondary N) is 2. The Hall–Kier alpha value is -2.36. The second-order valence-corrected chi connectivity index (χ2v) is 8.01. The fourth-order valence-electron chi connectivity index (χ4n) is 3.84. The maximum Gasteiger partial charge on any atom is 0.410 e. The average molecular weight is 413 g/mol. The first-order chi connectivity index (χ1) is 13.6. The second kappa shape index (κ2) is 8.56. The maximum atomic E-state index is 12.8. The molecule has 0 unspecified atom stereocenters. The lowest BCUT2D eigenvalue weighted by atomic mass is 9.79. The van der Waals surface area contributed by atoms with Gasteiger partial charge in [0.05, 0.1) is 12.6 Å². The average Bonchev–Trinajstić information content (AvgIpc) is 3.03. The topological polar surface area (TPSA) is 100 Å². The summed E-state index contributed by atoms with van der Waals surface area (Å²) in [5.74, 6) is 0.714. The van der Waals surface area contributed by atoms with Crippen LogP contribution in [0.4, 0.5) is 23.8 Å². The molecular weight excluding hydrogens is 387 g/mol. The van der Waals surface area contributed by atoms with Gasteiger partial charge < -0.3 is 21.3 Å². The zero-order valence-electron chi connectivity index (χ0n) is 16.2. The number of nitrogens with two attached hydrogens (primary N) is 1. The molecule has 1 aliphatic carbocycles. The van der Waals surface area contributed by atoms with Crippen LogP contribution in [0.3, 0.4) is 0 Å². The molecule has 2 fully saturated rings. The van der Waals surface area contributed by atoms with Gasteiger partial charge in [-0.3, -0.25) is 4.79 Å². The lowest BCUT2D eigenvalue weighted by Gasteiger charge is -2.29. The molecule has 0 aromatic carbocycles. The summed E-state index contributed by atoms with van der Waals surface area (Å²) in [6.07, 6.45) is 0.872. The Morgan fingerprint density at radius 3 is 2.69 bits per heavy atom. The zero-order chi connectivity index (χ0) is 21.2. The van der Waals surface area contributed by atoms with Gasteiger partial charge in [-0.05, 0) is 42.4 Å². The van der Waals surface area contributed by atoms with Gasteiger partial charge in [-0.25, -0.2) is 9.78 Å². The Bertz CT molecular complexity index is 750. The molecule has 0 spiro atoms. The summed E-state index contributed by atoms with van der Waals surface area (Å²) in [5, 5.41) is 4.61. The number of halogens is 3. The van der Waals surface area contributed by atoms with Crippen molar-refractivity contribution in [2.24, 2.45) is 17.6 Å². The number of aromatic nitrogens is 1. The van der Waals surface area contributed by atoms with E-state index in [-0.39, 0.29) is 24.2 Å². The number of carbonyl (C=O) groups is 2. The van der Waals surface area contributed by atoms with Gasteiger partial charge in [0.1, 0.15) is 11.9 Å². The van der Waals surface area contributed by atoms with Crippen molar-refractivity contribution in [1.82, 2.24) is 15.2 Å². The molecule has 160 valence electrons. The van der Waals surface area contributed by atoms with Gasteiger partial charge in [-0.15, -0.1) is 0 Å². The molecule has 1 saturated carbocycles. The number of urea groups is 1. The molecule has 7 nitrogen and oxygen atoms in total. The van der Waals surface area contributed by atoms with E-state index in [9.17, 15) is 22.8 Å². The molecule has 3 amide bonds. The van der Waals surface area contributed by atoms with Crippen molar-refractivity contribution in [1.29, 1.82) is 0 Å². The predicted octanol–water partition coefficient (Wildman–Crippen LogP) is 2.63. The first-order valence-electron chi connectivity index (χ1n) is 9.77. The van der Waals surface area contributed by atoms with E-state index in [0.29, 0.717) is 11.5 Å². The molecule has 4 N–H and O–H groups in total. The van der Waals surface area contributed by atoms with E-state index in [4.69, 9.17) is 5.73 Å². The van der Waals surface area contributed by atoms with Crippen molar-refractivity contribution >= 4 is 17.8 Å². The molecule has 29 heavy (non-hydrogen) atoms. The highest BCUT2D eigenvalue weighted by molar-refractivity contribution is 5.94. The van der Waals surface area contributed by atoms with Crippen LogP contribution in [0.1, 0.15) is 38.2 Å². The fourth-order valence-corrected chi connectivity index (χ4v) is 3.84. The minimum atomic E-state index is -4.49. The summed E-state index contributed by atoms with van der Waals surface area (Å²) in [6, 6.07) is -0.158. The highest BCUT2D eigenvalue weighted by Crippen LogP contribution is 2.30. The number of rotatable bonds is 5. The van der Waals surface area contributed by atoms with E-state index in [0.717, 1.165) is 30.6 Å². The molecule has 2 atom stereocenters. The monoisotopic (exact) mass is 413 g/mol. The molecule has 2 aliphatic rings. The van der Waals surface area contributed by atoms with Crippen molar-refractivity contribution in [3.63, 3.8) is 0 Å². The predicted molar refractivity (Wildman–Crippen MR) is 101 cm³/mol. The van der Waals surface area contributed by atoms with Crippen molar-refractivity contribution < 1.29 is 22.8 Å². The number of carbonyl (C=O) groups excluding carboxylic acids is 2. The molecule has 2 heterocycles. The molecule has 0 radical (unpaired) electrons. The Morgan fingerprint density at radius 1 is 1.38 bits per heavy atom. The Balaban J connectivity index is 1.58. The number of hydrogen-bond donors (Lipinski definition) is 3. The molecular formula is C19H26F3N5O2. The maximum absolute atomic E-state index is 12.8.